The van der Waals surface area contributed by atoms with Crippen LogP contribution in [0.25, 0.3) is 0 Å². The normalized spacial score (nSPS) is 15.6. The lowest BCUT2D eigenvalue weighted by Crippen LogP contribution is -2.52. The third kappa shape index (κ3) is 18.3. The smallest absolute Gasteiger partial charge is 0.461 e. The Hall–Kier alpha value is -0.760. The molecule has 0 aliphatic carbocycles. The van der Waals surface area contributed by atoms with Crippen molar-refractivity contribution < 1.29 is 37.6 Å². The number of rotatable bonds is 22. The molecule has 0 spiro atoms. The zero-order valence-corrected chi connectivity index (χ0v) is 22.3. The number of ether oxygens (including phenoxy) is 1. The van der Waals surface area contributed by atoms with Gasteiger partial charge in [-0.15, -0.1) is 0 Å². The Morgan fingerprint density at radius 1 is 0.970 bits per heavy atom. The van der Waals surface area contributed by atoms with E-state index in [0.717, 1.165) is 19.3 Å². The van der Waals surface area contributed by atoms with E-state index in [1.807, 2.05) is 0 Å². The van der Waals surface area contributed by atoms with Crippen LogP contribution in [-0.4, -0.2) is 67.1 Å². The highest BCUT2D eigenvalue weighted by atomic mass is 31.2. The molecule has 3 unspecified atom stereocenters. The van der Waals surface area contributed by atoms with Gasteiger partial charge in [-0.1, -0.05) is 90.2 Å². The molecule has 2 N–H and O–H groups in total. The Balaban J connectivity index is 4.20. The van der Waals surface area contributed by atoms with Gasteiger partial charge in [-0.05, 0) is 6.42 Å². The van der Waals surface area contributed by atoms with E-state index in [1.54, 1.807) is 21.1 Å². The number of carbonyl (C=O) groups excluding carboxylic acids is 1. The van der Waals surface area contributed by atoms with Crippen LogP contribution in [-0.2, 0) is 23.1 Å². The van der Waals surface area contributed by atoms with Crippen molar-refractivity contribution in [2.75, 3.05) is 34.4 Å². The van der Waals surface area contributed by atoms with Crippen molar-refractivity contribution in [2.24, 2.45) is 0 Å². The second-order valence-electron chi connectivity index (χ2n) is 9.54. The van der Waals surface area contributed by atoms with Crippen LogP contribution in [0.15, 0.2) is 12.7 Å². The highest BCUT2D eigenvalue weighted by Crippen LogP contribution is 2.46. The van der Waals surface area contributed by atoms with E-state index in [9.17, 15) is 19.4 Å². The van der Waals surface area contributed by atoms with E-state index in [4.69, 9.17) is 13.8 Å². The zero-order chi connectivity index (χ0) is 25.2. The lowest BCUT2D eigenvalue weighted by Gasteiger charge is -2.34. The average molecular weight is 495 g/mol. The quantitative estimate of drug-likeness (QED) is 0.0523. The zero-order valence-electron chi connectivity index (χ0n) is 21.4. The van der Waals surface area contributed by atoms with Gasteiger partial charge in [0.2, 0.25) is 6.23 Å². The maximum atomic E-state index is 12.4. The Morgan fingerprint density at radius 2 is 1.45 bits per heavy atom. The number of quaternary nitrogens is 1. The molecule has 9 heteroatoms. The first kappa shape index (κ1) is 32.2. The van der Waals surface area contributed by atoms with Crippen LogP contribution in [0.2, 0.25) is 0 Å². The van der Waals surface area contributed by atoms with E-state index in [-0.39, 0.29) is 24.1 Å². The largest absolute Gasteiger partial charge is 0.472 e. The van der Waals surface area contributed by atoms with E-state index in [2.05, 4.69) is 13.5 Å². The highest BCUT2D eigenvalue weighted by molar-refractivity contribution is 7.47. The standard InChI is InChI=1S/C24H48NO7P/c1-6-8-9-10-11-12-13-14-15-16-17-18-20-31-33(28,29)32-22(24(27)25(3,4)5)21-23(26)30-19-7-2/h7,22,24,27H,2,6,8-21H2,1,3-5H3/p+1. The van der Waals surface area contributed by atoms with Crippen LogP contribution in [0.4, 0.5) is 0 Å². The summed E-state index contributed by atoms with van der Waals surface area (Å²) in [4.78, 5) is 22.0. The second-order valence-corrected chi connectivity index (χ2v) is 10.9. The van der Waals surface area contributed by atoms with Gasteiger partial charge in [-0.25, -0.2) is 4.57 Å². The van der Waals surface area contributed by atoms with Gasteiger partial charge in [0, 0.05) is 0 Å². The molecule has 0 aliphatic heterocycles. The lowest BCUT2D eigenvalue weighted by atomic mass is 10.1. The molecule has 0 rings (SSSR count). The summed E-state index contributed by atoms with van der Waals surface area (Å²) in [5.41, 5.74) is 0. The van der Waals surface area contributed by atoms with Crippen molar-refractivity contribution in [3.63, 3.8) is 0 Å². The molecule has 33 heavy (non-hydrogen) atoms. The topological polar surface area (TPSA) is 102 Å². The Labute approximate surface area is 201 Å². The molecule has 0 saturated carbocycles. The van der Waals surface area contributed by atoms with Crippen LogP contribution in [0.3, 0.4) is 0 Å². The molecule has 0 bridgehead atoms. The molecule has 3 atom stereocenters. The van der Waals surface area contributed by atoms with E-state index < -0.39 is 26.1 Å². The number of phosphoric ester groups is 1. The van der Waals surface area contributed by atoms with E-state index >= 15 is 0 Å². The van der Waals surface area contributed by atoms with Gasteiger partial charge in [0.05, 0.1) is 34.2 Å². The molecule has 0 aromatic heterocycles. The van der Waals surface area contributed by atoms with Crippen molar-refractivity contribution in [1.29, 1.82) is 0 Å². The monoisotopic (exact) mass is 494 g/mol. The summed E-state index contributed by atoms with van der Waals surface area (Å²) >= 11 is 0. The van der Waals surface area contributed by atoms with E-state index in [0.29, 0.717) is 6.42 Å². The van der Waals surface area contributed by atoms with Gasteiger partial charge in [-0.2, -0.15) is 0 Å². The lowest BCUT2D eigenvalue weighted by molar-refractivity contribution is -0.922. The van der Waals surface area contributed by atoms with Crippen LogP contribution in [0, 0.1) is 0 Å². The number of aliphatic hydroxyl groups is 1. The number of phosphoric acid groups is 1. The Kier molecular flexibility index (Phi) is 18.1. The highest BCUT2D eigenvalue weighted by Gasteiger charge is 2.39. The molecule has 0 aromatic rings. The van der Waals surface area contributed by atoms with Crippen molar-refractivity contribution in [3.8, 4) is 0 Å². The minimum absolute atomic E-state index is 0.0120. The van der Waals surface area contributed by atoms with Crippen LogP contribution >= 0.6 is 7.82 Å². The van der Waals surface area contributed by atoms with E-state index in [1.165, 1.54) is 57.4 Å². The number of nitrogens with zero attached hydrogens (tertiary/aromatic N) is 1. The minimum Gasteiger partial charge on any atom is -0.461 e. The number of aliphatic hydroxyl groups excluding tert-OH is 1. The van der Waals surface area contributed by atoms with Crippen LogP contribution in [0.5, 0.6) is 0 Å². The predicted octanol–water partition coefficient (Wildman–Crippen LogP) is 5.33. The molecule has 196 valence electrons. The molecule has 0 aliphatic rings. The molecule has 8 nitrogen and oxygen atoms in total. The first-order valence-corrected chi connectivity index (χ1v) is 13.9. The molecule has 0 amide bonds. The molecule has 0 heterocycles. The van der Waals surface area contributed by atoms with Gasteiger partial charge in [-0.3, -0.25) is 13.8 Å². The number of hydrogen-bond donors (Lipinski definition) is 2. The summed E-state index contributed by atoms with van der Waals surface area (Å²) in [6.07, 6.45) is 12.8. The first-order chi connectivity index (χ1) is 15.5. The summed E-state index contributed by atoms with van der Waals surface area (Å²) in [6.45, 7) is 5.79. The molecular formula is C24H49NO7P+. The SMILES string of the molecule is C=CCOC(=O)CC(OP(=O)(O)OCCCCCCCCCCCCCC)C(O)[N+](C)(C)C. The predicted molar refractivity (Wildman–Crippen MR) is 132 cm³/mol. The second kappa shape index (κ2) is 18.6. The molecule has 0 fully saturated rings. The Bertz CT molecular complexity index is 566. The van der Waals surface area contributed by atoms with Gasteiger partial charge in [0.25, 0.3) is 0 Å². The number of esters is 1. The summed E-state index contributed by atoms with van der Waals surface area (Å²) in [7, 11) is 0.624. The van der Waals surface area contributed by atoms with Gasteiger partial charge in [0.15, 0.2) is 6.10 Å². The summed E-state index contributed by atoms with van der Waals surface area (Å²) < 4.78 is 27.6. The van der Waals surface area contributed by atoms with Crippen LogP contribution in [0.1, 0.15) is 90.4 Å². The molecule has 0 saturated heterocycles. The van der Waals surface area contributed by atoms with Crippen molar-refractivity contribution in [2.45, 2.75) is 103 Å². The fraction of sp³-hybridized carbons (Fsp3) is 0.875. The fourth-order valence-corrected chi connectivity index (χ4v) is 4.34. The van der Waals surface area contributed by atoms with Crippen molar-refractivity contribution >= 4 is 13.8 Å². The van der Waals surface area contributed by atoms with Crippen molar-refractivity contribution in [3.05, 3.63) is 12.7 Å². The number of carbonyl (C=O) groups is 1. The third-order valence-corrected chi connectivity index (χ3v) is 6.42. The number of unbranched alkanes of at least 4 members (excludes halogenated alkanes) is 11. The fourth-order valence-electron chi connectivity index (χ4n) is 3.40. The van der Waals surface area contributed by atoms with Gasteiger partial charge < -0.3 is 19.2 Å². The average Bonchev–Trinajstić information content (AvgIpc) is 2.73. The van der Waals surface area contributed by atoms with Crippen LogP contribution < -0.4 is 0 Å². The Morgan fingerprint density at radius 3 is 1.91 bits per heavy atom. The molecule has 0 radical (unpaired) electrons. The number of likely N-dealkylation sites (N-methyl/N-ethyl adjacent to an activating group) is 1. The molecule has 0 aromatic carbocycles. The first-order valence-electron chi connectivity index (χ1n) is 12.4. The minimum atomic E-state index is -4.43. The van der Waals surface area contributed by atoms with Crippen molar-refractivity contribution in [1.82, 2.24) is 0 Å². The summed E-state index contributed by atoms with van der Waals surface area (Å²) in [5, 5.41) is 10.5. The number of hydrogen-bond acceptors (Lipinski definition) is 6. The summed E-state index contributed by atoms with van der Waals surface area (Å²) in [5.74, 6) is -0.659. The summed E-state index contributed by atoms with van der Waals surface area (Å²) in [6, 6.07) is 0. The maximum Gasteiger partial charge on any atom is 0.472 e. The van der Waals surface area contributed by atoms with Gasteiger partial charge >= 0.3 is 13.8 Å². The molecular weight excluding hydrogens is 445 g/mol. The van der Waals surface area contributed by atoms with Gasteiger partial charge in [0.1, 0.15) is 6.61 Å². The third-order valence-electron chi connectivity index (χ3n) is 5.38. The maximum absolute atomic E-state index is 12.4.